The van der Waals surface area contributed by atoms with Gasteiger partial charge in [-0.1, -0.05) is 0 Å². The van der Waals surface area contributed by atoms with E-state index in [1.807, 2.05) is 0 Å². The number of hydrogen-bond acceptors (Lipinski definition) is 4. The molecule has 2 amide bonds. The number of amides is 2. The zero-order valence-corrected chi connectivity index (χ0v) is 11.5. The monoisotopic (exact) mass is 272 g/mol. The summed E-state index contributed by atoms with van der Waals surface area (Å²) in [5.41, 5.74) is -0.476. The van der Waals surface area contributed by atoms with Crippen molar-refractivity contribution in [1.29, 1.82) is 0 Å². The molecule has 0 atom stereocenters. The largest absolute Gasteiger partial charge is 0.465 e. The van der Waals surface area contributed by atoms with Crippen LogP contribution in [0.25, 0.3) is 0 Å². The summed E-state index contributed by atoms with van der Waals surface area (Å²) in [5, 5.41) is 8.16. The first-order chi connectivity index (χ1) is 8.69. The minimum absolute atomic E-state index is 0.0841. The Bertz CT molecular complexity index is 363. The molecular formula is C12H20N2O5. The molecular weight excluding hydrogens is 252 g/mol. The summed E-state index contributed by atoms with van der Waals surface area (Å²) in [5.74, 6) is 0.0841. The second-order valence-electron chi connectivity index (χ2n) is 5.50. The average Bonchev–Trinajstić information content (AvgIpc) is 2.06. The third kappa shape index (κ3) is 5.15. The molecule has 0 bridgehead atoms. The molecule has 2 aliphatic rings. The topological polar surface area (TPSA) is 87.1 Å². The first-order valence-electron chi connectivity index (χ1n) is 6.16. The molecule has 2 fully saturated rings. The van der Waals surface area contributed by atoms with E-state index >= 15 is 0 Å². The van der Waals surface area contributed by atoms with Crippen molar-refractivity contribution >= 4 is 18.0 Å². The van der Waals surface area contributed by atoms with E-state index < -0.39 is 17.8 Å². The number of likely N-dealkylation sites (tertiary alicyclic amines) is 2. The highest BCUT2D eigenvalue weighted by atomic mass is 16.6. The number of carbonyl (C=O) groups excluding carboxylic acids is 2. The highest BCUT2D eigenvalue weighted by Crippen LogP contribution is 2.12. The summed E-state index contributed by atoms with van der Waals surface area (Å²) in [6, 6.07) is 0. The smallest absolute Gasteiger partial charge is 0.411 e. The fourth-order valence-electron chi connectivity index (χ4n) is 1.34. The van der Waals surface area contributed by atoms with E-state index in [1.54, 1.807) is 20.8 Å². The minimum Gasteiger partial charge on any atom is -0.465 e. The molecule has 0 aromatic carbocycles. The summed E-state index contributed by atoms with van der Waals surface area (Å²) >= 11 is 0. The van der Waals surface area contributed by atoms with Crippen LogP contribution in [0, 0.1) is 0 Å². The molecule has 2 heterocycles. The Balaban J connectivity index is 0.000000218. The second-order valence-corrected chi connectivity index (χ2v) is 5.50. The Kier molecular flexibility index (Phi) is 4.74. The number of nitrogens with zero attached hydrogens (tertiary/aromatic N) is 2. The van der Waals surface area contributed by atoms with Crippen LogP contribution in [0.1, 0.15) is 27.2 Å². The fourth-order valence-corrected chi connectivity index (χ4v) is 1.34. The molecule has 0 radical (unpaired) electrons. The quantitative estimate of drug-likeness (QED) is 0.715. The van der Waals surface area contributed by atoms with Crippen LogP contribution in [-0.2, 0) is 9.53 Å². The van der Waals surface area contributed by atoms with Crippen LogP contribution in [0.4, 0.5) is 9.59 Å². The molecule has 7 heteroatoms. The van der Waals surface area contributed by atoms with E-state index in [0.717, 1.165) is 19.5 Å². The number of carbonyl (C=O) groups is 3. The van der Waals surface area contributed by atoms with Crippen molar-refractivity contribution in [3.63, 3.8) is 0 Å². The molecule has 2 saturated heterocycles. The van der Waals surface area contributed by atoms with Gasteiger partial charge in [-0.05, 0) is 27.2 Å². The van der Waals surface area contributed by atoms with Crippen LogP contribution in [0.2, 0.25) is 0 Å². The standard InChI is InChI=1S/C8H13NO3.C4H7NO2/c1-8(2,3)12-7(11)9-4-6(10)5-9;6-4(7)5-2-1-3-5/h4-5H2,1-3H3;1-3H2,(H,6,7). The van der Waals surface area contributed by atoms with Crippen LogP contribution in [0.3, 0.4) is 0 Å². The van der Waals surface area contributed by atoms with E-state index in [1.165, 1.54) is 9.80 Å². The van der Waals surface area contributed by atoms with E-state index in [0.29, 0.717) is 0 Å². The molecule has 0 unspecified atom stereocenters. The van der Waals surface area contributed by atoms with Crippen molar-refractivity contribution in [3.8, 4) is 0 Å². The zero-order chi connectivity index (χ0) is 14.6. The minimum atomic E-state index is -0.786. The van der Waals surface area contributed by atoms with E-state index in [9.17, 15) is 14.4 Å². The lowest BCUT2D eigenvalue weighted by Crippen LogP contribution is -2.52. The van der Waals surface area contributed by atoms with Gasteiger partial charge in [-0.15, -0.1) is 0 Å². The molecule has 108 valence electrons. The SMILES string of the molecule is CC(C)(C)OC(=O)N1CC(=O)C1.O=C(O)N1CCC1. The number of ketones is 1. The number of carboxylic acid groups (broad SMARTS) is 1. The van der Waals surface area contributed by atoms with Gasteiger partial charge in [0.15, 0.2) is 5.78 Å². The molecule has 0 spiro atoms. The summed E-state index contributed by atoms with van der Waals surface area (Å²) in [7, 11) is 0. The van der Waals surface area contributed by atoms with E-state index in [-0.39, 0.29) is 18.9 Å². The van der Waals surface area contributed by atoms with Gasteiger partial charge in [-0.2, -0.15) is 0 Å². The van der Waals surface area contributed by atoms with Crippen LogP contribution in [0.15, 0.2) is 0 Å². The number of ether oxygens (including phenoxy) is 1. The molecule has 2 aliphatic heterocycles. The summed E-state index contributed by atoms with van der Waals surface area (Å²) < 4.78 is 5.02. The van der Waals surface area contributed by atoms with Gasteiger partial charge >= 0.3 is 12.2 Å². The van der Waals surface area contributed by atoms with Crippen molar-refractivity contribution < 1.29 is 24.2 Å². The van der Waals surface area contributed by atoms with Gasteiger partial charge in [-0.25, -0.2) is 9.59 Å². The van der Waals surface area contributed by atoms with Crippen LogP contribution < -0.4 is 0 Å². The zero-order valence-electron chi connectivity index (χ0n) is 11.5. The summed E-state index contributed by atoms with van der Waals surface area (Å²) in [6.07, 6.45) is -0.153. The lowest BCUT2D eigenvalue weighted by molar-refractivity contribution is -0.128. The Morgan fingerprint density at radius 1 is 1.16 bits per heavy atom. The Morgan fingerprint density at radius 3 is 1.89 bits per heavy atom. The first kappa shape index (κ1) is 15.3. The fraction of sp³-hybridized carbons (Fsp3) is 0.750. The van der Waals surface area contributed by atoms with Gasteiger partial charge in [0.2, 0.25) is 0 Å². The molecule has 2 rings (SSSR count). The Hall–Kier alpha value is -1.79. The average molecular weight is 272 g/mol. The van der Waals surface area contributed by atoms with Gasteiger partial charge in [0.25, 0.3) is 0 Å². The summed E-state index contributed by atoms with van der Waals surface area (Å²) in [4.78, 5) is 34.3. The van der Waals surface area contributed by atoms with E-state index in [2.05, 4.69) is 0 Å². The highest BCUT2D eigenvalue weighted by Gasteiger charge is 2.31. The summed E-state index contributed by atoms with van der Waals surface area (Å²) in [6.45, 7) is 7.26. The predicted molar refractivity (Wildman–Crippen MR) is 67.0 cm³/mol. The normalized spacial score (nSPS) is 17.7. The number of Topliss-reactive ketones (excluding diaryl/α,β-unsaturated/α-hetero) is 1. The first-order valence-corrected chi connectivity index (χ1v) is 6.16. The predicted octanol–water partition coefficient (Wildman–Crippen LogP) is 1.18. The Labute approximate surface area is 112 Å². The molecule has 0 aromatic rings. The van der Waals surface area contributed by atoms with Gasteiger partial charge in [-0.3, -0.25) is 9.69 Å². The van der Waals surface area contributed by atoms with Crippen LogP contribution in [0.5, 0.6) is 0 Å². The molecule has 0 saturated carbocycles. The van der Waals surface area contributed by atoms with Gasteiger partial charge in [0, 0.05) is 13.1 Å². The highest BCUT2D eigenvalue weighted by molar-refractivity contribution is 5.94. The molecule has 0 aromatic heterocycles. The molecule has 0 aliphatic carbocycles. The second kappa shape index (κ2) is 5.90. The lowest BCUT2D eigenvalue weighted by Gasteiger charge is -2.31. The molecule has 7 nitrogen and oxygen atoms in total. The Morgan fingerprint density at radius 2 is 1.68 bits per heavy atom. The van der Waals surface area contributed by atoms with Gasteiger partial charge in [0.1, 0.15) is 5.60 Å². The maximum Gasteiger partial charge on any atom is 0.411 e. The molecule has 1 N–H and O–H groups in total. The van der Waals surface area contributed by atoms with Crippen molar-refractivity contribution in [2.24, 2.45) is 0 Å². The van der Waals surface area contributed by atoms with Crippen molar-refractivity contribution in [2.75, 3.05) is 26.2 Å². The lowest BCUT2D eigenvalue weighted by atomic mass is 10.2. The van der Waals surface area contributed by atoms with Crippen LogP contribution in [-0.4, -0.2) is 64.7 Å². The number of rotatable bonds is 0. The van der Waals surface area contributed by atoms with Crippen molar-refractivity contribution in [1.82, 2.24) is 9.80 Å². The third-order valence-electron chi connectivity index (χ3n) is 2.51. The van der Waals surface area contributed by atoms with Crippen molar-refractivity contribution in [2.45, 2.75) is 32.8 Å². The van der Waals surface area contributed by atoms with Gasteiger partial charge < -0.3 is 14.7 Å². The van der Waals surface area contributed by atoms with Crippen molar-refractivity contribution in [3.05, 3.63) is 0 Å². The van der Waals surface area contributed by atoms with E-state index in [4.69, 9.17) is 9.84 Å². The van der Waals surface area contributed by atoms with Crippen LogP contribution >= 0.6 is 0 Å². The maximum absolute atomic E-state index is 11.1. The third-order valence-corrected chi connectivity index (χ3v) is 2.51. The number of hydrogen-bond donors (Lipinski definition) is 1. The van der Waals surface area contributed by atoms with Gasteiger partial charge in [0.05, 0.1) is 13.1 Å². The molecule has 19 heavy (non-hydrogen) atoms. The maximum atomic E-state index is 11.1.